The van der Waals surface area contributed by atoms with Crippen molar-refractivity contribution in [1.29, 1.82) is 0 Å². The van der Waals surface area contributed by atoms with Gasteiger partial charge in [-0.25, -0.2) is 9.78 Å². The van der Waals surface area contributed by atoms with E-state index in [1.54, 1.807) is 12.1 Å². The molecule has 3 heterocycles. The topological polar surface area (TPSA) is 75.9 Å². The van der Waals surface area contributed by atoms with Crippen LogP contribution in [0.5, 0.6) is 0 Å². The number of aromatic nitrogens is 2. The quantitative estimate of drug-likeness (QED) is 0.659. The molecule has 1 saturated heterocycles. The molecule has 0 bridgehead atoms. The van der Waals surface area contributed by atoms with Crippen LogP contribution in [-0.2, 0) is 16.0 Å². The number of hydrogen-bond donors (Lipinski definition) is 1. The van der Waals surface area contributed by atoms with Gasteiger partial charge in [0.25, 0.3) is 0 Å². The van der Waals surface area contributed by atoms with Crippen LogP contribution < -0.4 is 5.32 Å². The number of imidazole rings is 1. The monoisotopic (exact) mass is 406 g/mol. The van der Waals surface area contributed by atoms with E-state index in [1.165, 1.54) is 7.11 Å². The van der Waals surface area contributed by atoms with Gasteiger partial charge in [-0.15, -0.1) is 0 Å². The SMILES string of the molecule is COC(=O)c1cccc(NC2CCN(C(=O)Cc3cn4cccc(C)c4n3)CC2)c1. The molecule has 1 N–H and O–H groups in total. The smallest absolute Gasteiger partial charge is 0.337 e. The molecule has 156 valence electrons. The number of fused-ring (bicyclic) bond motifs is 1. The minimum absolute atomic E-state index is 0.113. The Bertz CT molecular complexity index is 1070. The number of piperidine rings is 1. The number of likely N-dealkylation sites (tertiary alicyclic amines) is 1. The molecule has 0 saturated carbocycles. The van der Waals surface area contributed by atoms with Crippen LogP contribution in [0.4, 0.5) is 5.69 Å². The number of methoxy groups -OCH3 is 1. The Morgan fingerprint density at radius 1 is 1.20 bits per heavy atom. The summed E-state index contributed by atoms with van der Waals surface area (Å²) in [6.07, 6.45) is 5.93. The summed E-state index contributed by atoms with van der Waals surface area (Å²) in [6.45, 7) is 3.44. The van der Waals surface area contributed by atoms with E-state index in [9.17, 15) is 9.59 Å². The number of aryl methyl sites for hydroxylation is 1. The van der Waals surface area contributed by atoms with Crippen LogP contribution in [0.3, 0.4) is 0 Å². The molecule has 3 aromatic rings. The van der Waals surface area contributed by atoms with Crippen LogP contribution >= 0.6 is 0 Å². The van der Waals surface area contributed by atoms with Gasteiger partial charge in [0.15, 0.2) is 0 Å². The van der Waals surface area contributed by atoms with E-state index in [0.717, 1.165) is 35.4 Å². The van der Waals surface area contributed by atoms with Crippen molar-refractivity contribution < 1.29 is 14.3 Å². The summed E-state index contributed by atoms with van der Waals surface area (Å²) in [6, 6.07) is 11.6. The van der Waals surface area contributed by atoms with Crippen molar-refractivity contribution >= 4 is 23.2 Å². The maximum Gasteiger partial charge on any atom is 0.337 e. The fraction of sp³-hybridized carbons (Fsp3) is 0.348. The van der Waals surface area contributed by atoms with Crippen LogP contribution in [0.1, 0.15) is 34.5 Å². The maximum atomic E-state index is 12.8. The molecular weight excluding hydrogens is 380 g/mol. The first kappa shape index (κ1) is 19.9. The van der Waals surface area contributed by atoms with Gasteiger partial charge in [0.1, 0.15) is 5.65 Å². The first-order valence-electron chi connectivity index (χ1n) is 10.2. The molecule has 30 heavy (non-hydrogen) atoms. The number of ether oxygens (including phenoxy) is 1. The molecule has 1 aliphatic heterocycles. The van der Waals surface area contributed by atoms with E-state index < -0.39 is 0 Å². The van der Waals surface area contributed by atoms with Crippen LogP contribution in [0, 0.1) is 6.92 Å². The Balaban J connectivity index is 1.32. The molecule has 0 radical (unpaired) electrons. The van der Waals surface area contributed by atoms with Crippen LogP contribution in [0.15, 0.2) is 48.8 Å². The Morgan fingerprint density at radius 3 is 2.73 bits per heavy atom. The Morgan fingerprint density at radius 2 is 2.00 bits per heavy atom. The number of nitrogens with one attached hydrogen (secondary N) is 1. The number of esters is 1. The molecule has 1 fully saturated rings. The zero-order valence-electron chi connectivity index (χ0n) is 17.3. The van der Waals surface area contributed by atoms with Crippen LogP contribution in [-0.4, -0.2) is 52.4 Å². The zero-order valence-corrected chi connectivity index (χ0v) is 17.3. The molecule has 1 aromatic carbocycles. The largest absolute Gasteiger partial charge is 0.465 e. The van der Waals surface area contributed by atoms with Crippen molar-refractivity contribution in [2.75, 3.05) is 25.5 Å². The third-order valence-corrected chi connectivity index (χ3v) is 5.56. The number of rotatable bonds is 5. The predicted molar refractivity (Wildman–Crippen MR) is 115 cm³/mol. The number of benzene rings is 1. The average Bonchev–Trinajstić information content (AvgIpc) is 3.17. The molecule has 7 nitrogen and oxygen atoms in total. The van der Waals surface area contributed by atoms with Gasteiger partial charge in [-0.05, 0) is 49.6 Å². The first-order valence-corrected chi connectivity index (χ1v) is 10.2. The highest BCUT2D eigenvalue weighted by molar-refractivity contribution is 5.90. The summed E-state index contributed by atoms with van der Waals surface area (Å²) in [4.78, 5) is 31.0. The summed E-state index contributed by atoms with van der Waals surface area (Å²) in [5.41, 5.74) is 4.21. The normalized spacial score (nSPS) is 14.7. The van der Waals surface area contributed by atoms with Crippen LogP contribution in [0.25, 0.3) is 5.65 Å². The molecule has 2 aromatic heterocycles. The van der Waals surface area contributed by atoms with Gasteiger partial charge in [-0.2, -0.15) is 0 Å². The number of amides is 1. The first-order chi connectivity index (χ1) is 14.5. The minimum atomic E-state index is -0.346. The van der Waals surface area contributed by atoms with E-state index in [1.807, 2.05) is 52.9 Å². The summed E-state index contributed by atoms with van der Waals surface area (Å²) in [7, 11) is 1.38. The second-order valence-electron chi connectivity index (χ2n) is 7.70. The number of carbonyl (C=O) groups is 2. The molecule has 0 atom stereocenters. The second-order valence-corrected chi connectivity index (χ2v) is 7.70. The molecule has 1 aliphatic rings. The van der Waals surface area contributed by atoms with Crippen molar-refractivity contribution in [3.8, 4) is 0 Å². The Labute approximate surface area is 175 Å². The van der Waals surface area contributed by atoms with E-state index in [4.69, 9.17) is 4.74 Å². The van der Waals surface area contributed by atoms with E-state index >= 15 is 0 Å². The maximum absolute atomic E-state index is 12.8. The molecule has 0 aliphatic carbocycles. The van der Waals surface area contributed by atoms with Gasteiger partial charge in [0, 0.05) is 37.2 Å². The third kappa shape index (κ3) is 4.30. The van der Waals surface area contributed by atoms with Gasteiger partial charge >= 0.3 is 5.97 Å². The van der Waals surface area contributed by atoms with Crippen molar-refractivity contribution in [1.82, 2.24) is 14.3 Å². The lowest BCUT2D eigenvalue weighted by Crippen LogP contribution is -2.43. The van der Waals surface area contributed by atoms with Gasteiger partial charge in [-0.3, -0.25) is 4.79 Å². The van der Waals surface area contributed by atoms with E-state index in [-0.39, 0.29) is 17.9 Å². The fourth-order valence-corrected chi connectivity index (χ4v) is 3.92. The number of pyridine rings is 1. The molecular formula is C23H26N4O3. The van der Waals surface area contributed by atoms with Crippen molar-refractivity contribution in [3.63, 3.8) is 0 Å². The van der Waals surface area contributed by atoms with E-state index in [0.29, 0.717) is 25.1 Å². The average molecular weight is 406 g/mol. The molecule has 0 unspecified atom stereocenters. The van der Waals surface area contributed by atoms with Gasteiger partial charge in [-0.1, -0.05) is 12.1 Å². The van der Waals surface area contributed by atoms with Gasteiger partial charge in [0.2, 0.25) is 5.91 Å². The standard InChI is InChI=1S/C23H26N4O3/c1-16-5-4-10-27-15-20(25-22(16)27)14-21(28)26-11-8-18(9-12-26)24-19-7-3-6-17(13-19)23(29)30-2/h3-7,10,13,15,18,24H,8-9,11-12,14H2,1-2H3. The van der Waals surface area contributed by atoms with Gasteiger partial charge in [0.05, 0.1) is 24.8 Å². The Kier molecular flexibility index (Phi) is 5.70. The highest BCUT2D eigenvalue weighted by Crippen LogP contribution is 2.19. The number of hydrogen-bond acceptors (Lipinski definition) is 5. The summed E-state index contributed by atoms with van der Waals surface area (Å²) >= 11 is 0. The number of nitrogens with zero attached hydrogens (tertiary/aromatic N) is 3. The lowest BCUT2D eigenvalue weighted by molar-refractivity contribution is -0.131. The second kappa shape index (κ2) is 8.57. The molecule has 0 spiro atoms. The summed E-state index contributed by atoms with van der Waals surface area (Å²) < 4.78 is 6.75. The third-order valence-electron chi connectivity index (χ3n) is 5.56. The molecule has 4 rings (SSSR count). The fourth-order valence-electron chi connectivity index (χ4n) is 3.92. The van der Waals surface area contributed by atoms with Crippen molar-refractivity contribution in [2.45, 2.75) is 32.2 Å². The van der Waals surface area contributed by atoms with Crippen molar-refractivity contribution in [3.05, 3.63) is 65.6 Å². The zero-order chi connectivity index (χ0) is 21.1. The number of anilines is 1. The van der Waals surface area contributed by atoms with Crippen LogP contribution in [0.2, 0.25) is 0 Å². The summed E-state index contributed by atoms with van der Waals surface area (Å²) in [5.74, 6) is -0.233. The van der Waals surface area contributed by atoms with Crippen molar-refractivity contribution in [2.24, 2.45) is 0 Å². The number of carbonyl (C=O) groups excluding carboxylic acids is 2. The lowest BCUT2D eigenvalue weighted by Gasteiger charge is -2.33. The highest BCUT2D eigenvalue weighted by atomic mass is 16.5. The highest BCUT2D eigenvalue weighted by Gasteiger charge is 2.23. The van der Waals surface area contributed by atoms with Gasteiger partial charge < -0.3 is 19.4 Å². The Hall–Kier alpha value is -3.35. The molecule has 7 heteroatoms. The minimum Gasteiger partial charge on any atom is -0.465 e. The molecule has 1 amide bonds. The lowest BCUT2D eigenvalue weighted by atomic mass is 10.0. The predicted octanol–water partition coefficient (Wildman–Crippen LogP) is 3.07. The summed E-state index contributed by atoms with van der Waals surface area (Å²) in [5, 5.41) is 3.47. The van der Waals surface area contributed by atoms with E-state index in [2.05, 4.69) is 10.3 Å².